The van der Waals surface area contributed by atoms with Gasteiger partial charge in [0.1, 0.15) is 0 Å². The molecule has 1 aromatic rings. The molecule has 2 amide bonds. The molecule has 0 unspecified atom stereocenters. The third-order valence-corrected chi connectivity index (χ3v) is 4.83. The molecule has 0 bridgehead atoms. The molecule has 1 aliphatic carbocycles. The lowest BCUT2D eigenvalue weighted by molar-refractivity contribution is -0.124. The average molecular weight is 362 g/mol. The predicted octanol–water partition coefficient (Wildman–Crippen LogP) is 3.56. The monoisotopic (exact) mass is 361 g/mol. The highest BCUT2D eigenvalue weighted by Crippen LogP contribution is 2.23. The van der Waals surface area contributed by atoms with Crippen molar-refractivity contribution in [3.05, 3.63) is 29.8 Å². The van der Waals surface area contributed by atoms with E-state index >= 15 is 0 Å². The van der Waals surface area contributed by atoms with Crippen LogP contribution in [0, 0.1) is 5.92 Å². The lowest BCUT2D eigenvalue weighted by Gasteiger charge is -2.21. The fraction of sp³-hybridized carbons (Fsp3) is 0.526. The largest absolute Gasteiger partial charge is 0.339 e. The molecule has 25 heavy (non-hydrogen) atoms. The molecule has 1 fully saturated rings. The van der Waals surface area contributed by atoms with Crippen LogP contribution in [0.2, 0.25) is 0 Å². The highest BCUT2D eigenvalue weighted by molar-refractivity contribution is 7.80. The van der Waals surface area contributed by atoms with Crippen molar-refractivity contribution in [3.8, 4) is 0 Å². The van der Waals surface area contributed by atoms with Gasteiger partial charge in [0.2, 0.25) is 5.91 Å². The first-order valence-corrected chi connectivity index (χ1v) is 9.47. The van der Waals surface area contributed by atoms with Crippen molar-refractivity contribution < 1.29 is 9.59 Å². The number of benzene rings is 1. The summed E-state index contributed by atoms with van der Waals surface area (Å²) in [5.41, 5.74) is 1.31. The third-order valence-electron chi connectivity index (χ3n) is 4.63. The zero-order valence-electron chi connectivity index (χ0n) is 15.0. The molecule has 2 N–H and O–H groups in total. The van der Waals surface area contributed by atoms with Crippen LogP contribution in [0.25, 0.3) is 0 Å². The fourth-order valence-electron chi connectivity index (χ4n) is 3.16. The van der Waals surface area contributed by atoms with Gasteiger partial charge in [0.05, 0.1) is 0 Å². The quantitative estimate of drug-likeness (QED) is 0.787. The molecule has 0 radical (unpaired) electrons. The van der Waals surface area contributed by atoms with Gasteiger partial charge in [-0.2, -0.15) is 0 Å². The van der Waals surface area contributed by atoms with Crippen LogP contribution in [0.4, 0.5) is 5.69 Å². The zero-order valence-corrected chi connectivity index (χ0v) is 15.8. The Labute approximate surface area is 155 Å². The maximum absolute atomic E-state index is 12.4. The van der Waals surface area contributed by atoms with E-state index in [0.29, 0.717) is 24.3 Å². The number of carbonyl (C=O) groups excluding carboxylic acids is 2. The third kappa shape index (κ3) is 5.53. The van der Waals surface area contributed by atoms with Crippen molar-refractivity contribution in [1.82, 2.24) is 10.2 Å². The normalized spacial score (nSPS) is 14.6. The van der Waals surface area contributed by atoms with Gasteiger partial charge in [0, 0.05) is 30.3 Å². The molecule has 0 heterocycles. The van der Waals surface area contributed by atoms with Crippen LogP contribution in [-0.2, 0) is 4.79 Å². The standard InChI is InChI=1S/C19H27N3O2S/c1-3-22(4-2)18(24)15-11-8-12-16(13-15)20-19(25)21-17(23)14-9-6-5-7-10-14/h8,11-14H,3-7,9-10H2,1-2H3,(H2,20,21,23,25). The van der Waals surface area contributed by atoms with E-state index < -0.39 is 0 Å². The molecule has 1 aromatic carbocycles. The first kappa shape index (κ1) is 19.4. The molecular weight excluding hydrogens is 334 g/mol. The Bertz CT molecular complexity index is 623. The maximum atomic E-state index is 12.4. The van der Waals surface area contributed by atoms with Crippen LogP contribution < -0.4 is 10.6 Å². The van der Waals surface area contributed by atoms with Gasteiger partial charge in [-0.3, -0.25) is 9.59 Å². The second kappa shape index (κ2) is 9.51. The summed E-state index contributed by atoms with van der Waals surface area (Å²) in [6.07, 6.45) is 5.28. The number of thiocarbonyl (C=S) groups is 1. The highest BCUT2D eigenvalue weighted by atomic mass is 32.1. The summed E-state index contributed by atoms with van der Waals surface area (Å²) >= 11 is 5.25. The highest BCUT2D eigenvalue weighted by Gasteiger charge is 2.21. The minimum Gasteiger partial charge on any atom is -0.339 e. The molecule has 1 saturated carbocycles. The summed E-state index contributed by atoms with van der Waals surface area (Å²) in [6, 6.07) is 7.19. The molecule has 0 atom stereocenters. The zero-order chi connectivity index (χ0) is 18.2. The maximum Gasteiger partial charge on any atom is 0.253 e. The minimum atomic E-state index is -0.00851. The smallest absolute Gasteiger partial charge is 0.253 e. The summed E-state index contributed by atoms with van der Waals surface area (Å²) in [5.74, 6) is 0.0439. The molecule has 0 aliphatic heterocycles. The Kier molecular flexibility index (Phi) is 7.37. The van der Waals surface area contributed by atoms with E-state index in [1.807, 2.05) is 26.0 Å². The number of nitrogens with one attached hydrogen (secondary N) is 2. The van der Waals surface area contributed by atoms with E-state index in [1.165, 1.54) is 6.42 Å². The molecular formula is C19H27N3O2S. The Balaban J connectivity index is 1.95. The molecule has 5 nitrogen and oxygen atoms in total. The predicted molar refractivity (Wildman–Crippen MR) is 105 cm³/mol. The molecule has 0 spiro atoms. The van der Waals surface area contributed by atoms with Gasteiger partial charge in [-0.1, -0.05) is 25.3 Å². The Morgan fingerprint density at radius 3 is 2.48 bits per heavy atom. The summed E-state index contributed by atoms with van der Waals surface area (Å²) < 4.78 is 0. The van der Waals surface area contributed by atoms with Crippen molar-refractivity contribution in [1.29, 1.82) is 0 Å². The second-order valence-corrected chi connectivity index (χ2v) is 6.74. The number of amides is 2. The van der Waals surface area contributed by atoms with E-state index in [0.717, 1.165) is 25.7 Å². The van der Waals surface area contributed by atoms with Crippen molar-refractivity contribution in [3.63, 3.8) is 0 Å². The first-order chi connectivity index (χ1) is 12.0. The van der Waals surface area contributed by atoms with Gasteiger partial charge in [0.25, 0.3) is 5.91 Å². The number of nitrogens with zero attached hydrogens (tertiary/aromatic N) is 1. The van der Waals surface area contributed by atoms with E-state index in [4.69, 9.17) is 12.2 Å². The second-order valence-electron chi connectivity index (χ2n) is 6.34. The lowest BCUT2D eigenvalue weighted by Crippen LogP contribution is -2.39. The minimum absolute atomic E-state index is 0.00688. The molecule has 1 aliphatic rings. The average Bonchev–Trinajstić information content (AvgIpc) is 2.63. The number of hydrogen-bond acceptors (Lipinski definition) is 3. The van der Waals surface area contributed by atoms with E-state index in [2.05, 4.69) is 10.6 Å². The van der Waals surface area contributed by atoms with Crippen LogP contribution in [0.15, 0.2) is 24.3 Å². The van der Waals surface area contributed by atoms with E-state index in [9.17, 15) is 9.59 Å². The van der Waals surface area contributed by atoms with Crippen LogP contribution in [0.3, 0.4) is 0 Å². The van der Waals surface area contributed by atoms with Crippen LogP contribution in [0.5, 0.6) is 0 Å². The molecule has 0 aromatic heterocycles. The SMILES string of the molecule is CCN(CC)C(=O)c1cccc(NC(=S)NC(=O)C2CCCCC2)c1. The topological polar surface area (TPSA) is 61.4 Å². The lowest BCUT2D eigenvalue weighted by atomic mass is 9.89. The number of rotatable bonds is 5. The first-order valence-electron chi connectivity index (χ1n) is 9.06. The van der Waals surface area contributed by atoms with Crippen LogP contribution in [-0.4, -0.2) is 34.9 Å². The van der Waals surface area contributed by atoms with Gasteiger partial charge >= 0.3 is 0 Å². The summed E-state index contributed by atoms with van der Waals surface area (Å²) in [6.45, 7) is 5.25. The van der Waals surface area contributed by atoms with E-state index in [-0.39, 0.29) is 22.8 Å². The summed E-state index contributed by atoms with van der Waals surface area (Å²) in [5, 5.41) is 6.07. The van der Waals surface area contributed by atoms with Crippen molar-refractivity contribution in [2.75, 3.05) is 18.4 Å². The Hall–Kier alpha value is -1.95. The van der Waals surface area contributed by atoms with Crippen molar-refractivity contribution in [2.45, 2.75) is 46.0 Å². The number of anilines is 1. The molecule has 2 rings (SSSR count). The van der Waals surface area contributed by atoms with Gasteiger partial charge < -0.3 is 15.5 Å². The molecule has 0 saturated heterocycles. The van der Waals surface area contributed by atoms with Gasteiger partial charge in [-0.05, 0) is 57.1 Å². The fourth-order valence-corrected chi connectivity index (χ4v) is 3.38. The summed E-state index contributed by atoms with van der Waals surface area (Å²) in [4.78, 5) is 26.4. The van der Waals surface area contributed by atoms with Gasteiger partial charge in [-0.15, -0.1) is 0 Å². The van der Waals surface area contributed by atoms with Gasteiger partial charge in [-0.25, -0.2) is 0 Å². The Morgan fingerprint density at radius 2 is 1.84 bits per heavy atom. The van der Waals surface area contributed by atoms with Crippen molar-refractivity contribution >= 4 is 34.8 Å². The number of carbonyl (C=O) groups is 2. The van der Waals surface area contributed by atoms with Crippen LogP contribution >= 0.6 is 12.2 Å². The summed E-state index contributed by atoms with van der Waals surface area (Å²) in [7, 11) is 0. The van der Waals surface area contributed by atoms with Crippen LogP contribution in [0.1, 0.15) is 56.3 Å². The van der Waals surface area contributed by atoms with E-state index in [1.54, 1.807) is 17.0 Å². The van der Waals surface area contributed by atoms with Crippen molar-refractivity contribution in [2.24, 2.45) is 5.92 Å². The Morgan fingerprint density at radius 1 is 1.16 bits per heavy atom. The number of hydrogen-bond donors (Lipinski definition) is 2. The van der Waals surface area contributed by atoms with Gasteiger partial charge in [0.15, 0.2) is 5.11 Å². The molecule has 6 heteroatoms. The molecule has 136 valence electrons.